The third-order valence-corrected chi connectivity index (χ3v) is 6.05. The number of nitrogens with zero attached hydrogens (tertiary/aromatic N) is 2. The van der Waals surface area contributed by atoms with Crippen molar-refractivity contribution < 1.29 is 19.1 Å². The predicted molar refractivity (Wildman–Crippen MR) is 110 cm³/mol. The van der Waals surface area contributed by atoms with Gasteiger partial charge in [0.15, 0.2) is 0 Å². The van der Waals surface area contributed by atoms with Gasteiger partial charge >= 0.3 is 5.97 Å². The summed E-state index contributed by atoms with van der Waals surface area (Å²) in [6, 6.07) is 7.77. The van der Waals surface area contributed by atoms with Crippen LogP contribution in [-0.4, -0.2) is 67.6 Å². The normalized spacial score (nSPS) is 23.0. The van der Waals surface area contributed by atoms with E-state index in [-0.39, 0.29) is 23.7 Å². The van der Waals surface area contributed by atoms with Gasteiger partial charge in [-0.3, -0.25) is 9.59 Å². The summed E-state index contributed by atoms with van der Waals surface area (Å²) in [5, 5.41) is 0. The van der Waals surface area contributed by atoms with Crippen LogP contribution < -0.4 is 4.74 Å². The highest BCUT2D eigenvalue weighted by molar-refractivity contribution is 5.99. The molecule has 4 rings (SSSR count). The summed E-state index contributed by atoms with van der Waals surface area (Å²) >= 11 is 0. The average molecular weight is 399 g/mol. The van der Waals surface area contributed by atoms with Crippen LogP contribution in [0.4, 0.5) is 0 Å². The number of fused-ring (bicyclic) bond motifs is 1. The number of carbonyl (C=O) groups is 2. The van der Waals surface area contributed by atoms with Crippen LogP contribution in [-0.2, 0) is 14.3 Å². The van der Waals surface area contributed by atoms with Gasteiger partial charge in [0.2, 0.25) is 0 Å². The maximum absolute atomic E-state index is 13.3. The maximum atomic E-state index is 13.3. The number of ether oxygens (including phenoxy) is 2. The molecule has 0 spiro atoms. The Morgan fingerprint density at radius 1 is 1.24 bits per heavy atom. The third kappa shape index (κ3) is 4.81. The van der Waals surface area contributed by atoms with E-state index in [1.54, 1.807) is 0 Å². The van der Waals surface area contributed by atoms with Crippen molar-refractivity contribution >= 4 is 18.0 Å². The Kier molecular flexibility index (Phi) is 6.19. The second-order valence-corrected chi connectivity index (χ2v) is 8.15. The fraction of sp³-hybridized carbons (Fsp3) is 0.565. The van der Waals surface area contributed by atoms with Crippen molar-refractivity contribution in [3.8, 4) is 5.75 Å². The van der Waals surface area contributed by atoms with Crippen molar-refractivity contribution in [3.05, 3.63) is 35.4 Å². The second-order valence-electron chi connectivity index (χ2n) is 8.15. The highest BCUT2D eigenvalue weighted by Gasteiger charge is 2.45. The van der Waals surface area contributed by atoms with Crippen LogP contribution >= 0.6 is 0 Å². The molecular formula is C23H30N2O4. The lowest BCUT2D eigenvalue weighted by molar-refractivity contribution is -0.145. The summed E-state index contributed by atoms with van der Waals surface area (Å²) in [4.78, 5) is 29.7. The minimum atomic E-state index is -0.126. The van der Waals surface area contributed by atoms with Gasteiger partial charge in [0.1, 0.15) is 12.4 Å². The number of rotatable bonds is 8. The van der Waals surface area contributed by atoms with Gasteiger partial charge < -0.3 is 19.3 Å². The van der Waals surface area contributed by atoms with Gasteiger partial charge in [-0.1, -0.05) is 18.2 Å². The number of likely N-dealkylation sites (tertiary alicyclic amines) is 1. The lowest BCUT2D eigenvalue weighted by Crippen LogP contribution is -2.41. The first kappa shape index (κ1) is 20.0. The summed E-state index contributed by atoms with van der Waals surface area (Å²) in [5.41, 5.74) is 1.62. The first-order valence-electron chi connectivity index (χ1n) is 10.8. The summed E-state index contributed by atoms with van der Waals surface area (Å²) in [5.74, 6) is 0.854. The molecule has 156 valence electrons. The average Bonchev–Trinajstić information content (AvgIpc) is 3.32. The lowest BCUT2D eigenvalue weighted by atomic mass is 10.1. The van der Waals surface area contributed by atoms with Crippen molar-refractivity contribution in [2.24, 2.45) is 11.8 Å². The Hall–Kier alpha value is -2.34. The SMILES string of the molecule is CCOC(=O)[C@H]1C[C@H]1CN(CCN1CCCC1)C(=O)C1=Cc2ccccc2OC1. The number of amides is 1. The molecule has 29 heavy (non-hydrogen) atoms. The van der Waals surface area contributed by atoms with Crippen LogP contribution in [0, 0.1) is 11.8 Å². The van der Waals surface area contributed by atoms with Gasteiger partial charge in [-0.15, -0.1) is 0 Å². The number of esters is 1. The van der Waals surface area contributed by atoms with E-state index in [1.807, 2.05) is 42.2 Å². The zero-order valence-electron chi connectivity index (χ0n) is 17.1. The van der Waals surface area contributed by atoms with Gasteiger partial charge in [-0.05, 0) is 57.3 Å². The van der Waals surface area contributed by atoms with Crippen molar-refractivity contribution in [1.82, 2.24) is 9.80 Å². The summed E-state index contributed by atoms with van der Waals surface area (Å²) in [6.45, 7) is 6.92. The van der Waals surface area contributed by atoms with Crippen molar-refractivity contribution in [3.63, 3.8) is 0 Å². The molecule has 3 aliphatic rings. The molecule has 1 aromatic carbocycles. The largest absolute Gasteiger partial charge is 0.488 e. The van der Waals surface area contributed by atoms with E-state index >= 15 is 0 Å². The highest BCUT2D eigenvalue weighted by Crippen LogP contribution is 2.40. The lowest BCUT2D eigenvalue weighted by Gasteiger charge is -2.28. The van der Waals surface area contributed by atoms with Crippen LogP contribution in [0.3, 0.4) is 0 Å². The smallest absolute Gasteiger partial charge is 0.309 e. The number of para-hydroxylation sites is 1. The van der Waals surface area contributed by atoms with Gasteiger partial charge in [0, 0.05) is 25.2 Å². The van der Waals surface area contributed by atoms with Crippen LogP contribution in [0.25, 0.3) is 6.08 Å². The van der Waals surface area contributed by atoms with Gasteiger partial charge in [0.25, 0.3) is 5.91 Å². The molecule has 0 unspecified atom stereocenters. The molecule has 0 bridgehead atoms. The van der Waals surface area contributed by atoms with E-state index in [2.05, 4.69) is 4.90 Å². The molecule has 2 fully saturated rings. The van der Waals surface area contributed by atoms with E-state index in [0.29, 0.717) is 31.9 Å². The van der Waals surface area contributed by atoms with Crippen LogP contribution in [0.15, 0.2) is 29.8 Å². The molecule has 2 atom stereocenters. The molecule has 2 heterocycles. The Balaban J connectivity index is 1.43. The molecule has 2 aliphatic heterocycles. The van der Waals surface area contributed by atoms with Gasteiger partial charge in [0.05, 0.1) is 18.1 Å². The Morgan fingerprint density at radius 2 is 2.03 bits per heavy atom. The molecule has 6 heteroatoms. The van der Waals surface area contributed by atoms with Gasteiger partial charge in [-0.25, -0.2) is 0 Å². The Labute approximate surface area is 172 Å². The summed E-state index contributed by atoms with van der Waals surface area (Å²) in [6.07, 6.45) is 5.22. The zero-order chi connectivity index (χ0) is 20.2. The minimum Gasteiger partial charge on any atom is -0.488 e. The molecule has 1 amide bonds. The highest BCUT2D eigenvalue weighted by atomic mass is 16.5. The van der Waals surface area contributed by atoms with E-state index < -0.39 is 0 Å². The summed E-state index contributed by atoms with van der Waals surface area (Å²) in [7, 11) is 0. The zero-order valence-corrected chi connectivity index (χ0v) is 17.1. The van der Waals surface area contributed by atoms with Crippen molar-refractivity contribution in [2.45, 2.75) is 26.2 Å². The van der Waals surface area contributed by atoms with Crippen LogP contribution in [0.5, 0.6) is 5.75 Å². The standard InChI is InChI=1S/C23H30N2O4/c1-2-28-23(27)20-14-18(20)15-25(12-11-24-9-5-6-10-24)22(26)19-13-17-7-3-4-8-21(17)29-16-19/h3-4,7-8,13,18,20H,2,5-6,9-12,14-16H2,1H3/t18-,20-/m0/s1. The maximum Gasteiger partial charge on any atom is 0.309 e. The molecule has 1 saturated heterocycles. The fourth-order valence-corrected chi connectivity index (χ4v) is 4.26. The minimum absolute atomic E-state index is 0.0215. The Morgan fingerprint density at radius 3 is 2.83 bits per heavy atom. The summed E-state index contributed by atoms with van der Waals surface area (Å²) < 4.78 is 10.9. The van der Waals surface area contributed by atoms with E-state index in [0.717, 1.165) is 37.4 Å². The predicted octanol–water partition coefficient (Wildman–Crippen LogP) is 2.59. The van der Waals surface area contributed by atoms with E-state index in [9.17, 15) is 9.59 Å². The number of carbonyl (C=O) groups excluding carboxylic acids is 2. The molecule has 1 saturated carbocycles. The van der Waals surface area contributed by atoms with Crippen LogP contribution in [0.2, 0.25) is 0 Å². The molecule has 1 aliphatic carbocycles. The molecular weight excluding hydrogens is 368 g/mol. The monoisotopic (exact) mass is 398 g/mol. The van der Waals surface area contributed by atoms with Crippen molar-refractivity contribution in [2.75, 3.05) is 45.9 Å². The molecule has 6 nitrogen and oxygen atoms in total. The van der Waals surface area contributed by atoms with Crippen LogP contribution in [0.1, 0.15) is 31.7 Å². The third-order valence-electron chi connectivity index (χ3n) is 6.05. The first-order chi connectivity index (χ1) is 14.2. The van der Waals surface area contributed by atoms with E-state index in [1.165, 1.54) is 12.8 Å². The first-order valence-corrected chi connectivity index (χ1v) is 10.8. The molecule has 0 aromatic heterocycles. The molecule has 0 radical (unpaired) electrons. The van der Waals surface area contributed by atoms with Crippen molar-refractivity contribution in [1.29, 1.82) is 0 Å². The molecule has 0 N–H and O–H groups in total. The number of benzene rings is 1. The number of hydrogen-bond donors (Lipinski definition) is 0. The topological polar surface area (TPSA) is 59.1 Å². The quantitative estimate of drug-likeness (QED) is 0.630. The molecule has 1 aromatic rings. The second kappa shape index (κ2) is 8.99. The van der Waals surface area contributed by atoms with E-state index in [4.69, 9.17) is 9.47 Å². The van der Waals surface area contributed by atoms with Gasteiger partial charge in [-0.2, -0.15) is 0 Å². The fourth-order valence-electron chi connectivity index (χ4n) is 4.26. The number of hydrogen-bond acceptors (Lipinski definition) is 5. The Bertz CT molecular complexity index is 785.